The monoisotopic (exact) mass is 577 g/mol. The second-order valence-corrected chi connectivity index (χ2v) is 14.7. The fraction of sp³-hybridized carbons (Fsp3) is 0.211. The van der Waals surface area contributed by atoms with Gasteiger partial charge in [-0.2, -0.15) is 0 Å². The molecule has 3 aliphatic heterocycles. The van der Waals surface area contributed by atoms with Gasteiger partial charge in [-0.15, -0.1) is 0 Å². The lowest BCUT2D eigenvalue weighted by Gasteiger charge is -2.45. The van der Waals surface area contributed by atoms with Crippen molar-refractivity contribution >= 4 is 51.9 Å². The van der Waals surface area contributed by atoms with Crippen LogP contribution >= 0.6 is 11.8 Å². The average molecular weight is 578 g/mol. The molecule has 210 valence electrons. The number of hydrogen-bond donors (Lipinski definition) is 0. The van der Waals surface area contributed by atoms with E-state index in [1.54, 1.807) is 0 Å². The van der Waals surface area contributed by atoms with Crippen LogP contribution in [0.5, 0.6) is 23.0 Å². The Morgan fingerprint density at radius 2 is 1.28 bits per heavy atom. The van der Waals surface area contributed by atoms with E-state index in [1.807, 2.05) is 11.8 Å². The smallest absolute Gasteiger partial charge is 0.260 e. The molecule has 1 aliphatic carbocycles. The van der Waals surface area contributed by atoms with Gasteiger partial charge >= 0.3 is 0 Å². The summed E-state index contributed by atoms with van der Waals surface area (Å²) in [4.78, 5) is 4.84. The highest BCUT2D eigenvalue weighted by Crippen LogP contribution is 2.54. The van der Waals surface area contributed by atoms with Gasteiger partial charge in [0.2, 0.25) is 0 Å². The molecule has 0 spiro atoms. The Labute approximate surface area is 257 Å². The van der Waals surface area contributed by atoms with Gasteiger partial charge in [-0.25, -0.2) is 0 Å². The van der Waals surface area contributed by atoms with Gasteiger partial charge < -0.3 is 14.4 Å². The van der Waals surface area contributed by atoms with Crippen molar-refractivity contribution in [3.05, 3.63) is 108 Å². The van der Waals surface area contributed by atoms with Gasteiger partial charge in [0.15, 0.2) is 0 Å². The van der Waals surface area contributed by atoms with Crippen molar-refractivity contribution in [3.63, 3.8) is 0 Å². The van der Waals surface area contributed by atoms with E-state index in [9.17, 15) is 0 Å². The van der Waals surface area contributed by atoms with Crippen LogP contribution in [0, 0.1) is 0 Å². The van der Waals surface area contributed by atoms with E-state index in [4.69, 9.17) is 9.47 Å². The summed E-state index contributed by atoms with van der Waals surface area (Å²) in [6.07, 6.45) is 2.30. The zero-order valence-corrected chi connectivity index (χ0v) is 25.7. The number of fused-ring (bicyclic) bond motifs is 8. The SMILES string of the molecule is CC1(C)CCC(C)(C)c2c1ccc1c2Oc2cc(N3c4ccccc4Sc4ccccc43)cc3c2B1c1ccccc1O3. The molecule has 5 heteroatoms. The summed E-state index contributed by atoms with van der Waals surface area (Å²) in [6.45, 7) is 9.59. The minimum absolute atomic E-state index is 0.0147. The normalized spacial score (nSPS) is 17.7. The van der Waals surface area contributed by atoms with E-state index in [0.717, 1.165) is 40.6 Å². The van der Waals surface area contributed by atoms with Crippen molar-refractivity contribution < 1.29 is 9.47 Å². The number of nitrogens with zero attached hydrogens (tertiary/aromatic N) is 1. The first-order valence-electron chi connectivity index (χ1n) is 15.3. The molecule has 43 heavy (non-hydrogen) atoms. The highest BCUT2D eigenvalue weighted by Gasteiger charge is 2.46. The number of para-hydroxylation sites is 3. The molecule has 3 nitrogen and oxygen atoms in total. The quantitative estimate of drug-likeness (QED) is 0.182. The van der Waals surface area contributed by atoms with E-state index in [-0.39, 0.29) is 17.5 Å². The molecular weight excluding hydrogens is 545 g/mol. The molecule has 0 unspecified atom stereocenters. The Balaban J connectivity index is 1.32. The van der Waals surface area contributed by atoms with Gasteiger partial charge in [0.05, 0.1) is 17.1 Å². The highest BCUT2D eigenvalue weighted by atomic mass is 32.2. The molecule has 5 aromatic carbocycles. The fourth-order valence-electron chi connectivity index (χ4n) is 7.73. The lowest BCUT2D eigenvalue weighted by Crippen LogP contribution is -2.58. The number of hydrogen-bond acceptors (Lipinski definition) is 4. The van der Waals surface area contributed by atoms with E-state index in [0.29, 0.717) is 0 Å². The van der Waals surface area contributed by atoms with Crippen molar-refractivity contribution in [2.45, 2.75) is 61.2 Å². The van der Waals surface area contributed by atoms with Crippen LogP contribution in [-0.4, -0.2) is 6.71 Å². The fourth-order valence-corrected chi connectivity index (χ4v) is 8.79. The van der Waals surface area contributed by atoms with E-state index in [2.05, 4.69) is 130 Å². The Morgan fingerprint density at radius 1 is 0.651 bits per heavy atom. The van der Waals surface area contributed by atoms with E-state index in [1.165, 1.54) is 49.6 Å². The van der Waals surface area contributed by atoms with Crippen LogP contribution in [0.1, 0.15) is 51.7 Å². The Hall–Kier alpha value is -4.09. The third kappa shape index (κ3) is 3.58. The summed E-state index contributed by atoms with van der Waals surface area (Å²) < 4.78 is 13.9. The van der Waals surface area contributed by atoms with Gasteiger partial charge in [-0.1, -0.05) is 94.1 Å². The number of anilines is 3. The largest absolute Gasteiger partial charge is 0.458 e. The third-order valence-electron chi connectivity index (χ3n) is 10.0. The molecule has 9 rings (SSSR count). The molecule has 0 bridgehead atoms. The molecule has 5 aromatic rings. The molecule has 0 amide bonds. The average Bonchev–Trinajstić information content (AvgIpc) is 3.01. The summed E-state index contributed by atoms with van der Waals surface area (Å²) >= 11 is 1.82. The topological polar surface area (TPSA) is 21.7 Å². The Morgan fingerprint density at radius 3 is 2.02 bits per heavy atom. The second kappa shape index (κ2) is 8.73. The van der Waals surface area contributed by atoms with Crippen molar-refractivity contribution in [2.24, 2.45) is 0 Å². The summed E-state index contributed by atoms with van der Waals surface area (Å²) in [7, 11) is 0. The Bertz CT molecular complexity index is 1950. The van der Waals surface area contributed by atoms with Crippen LogP contribution < -0.4 is 30.8 Å². The standard InChI is InChI=1S/C38H32BNO2S/c1-37(2)19-20-38(3,4)34-24(37)17-18-26-36(34)42-31-22-23(21-30-35(31)39(26)25-11-5-8-14-29(25)41-30)40-27-12-6-9-15-32(27)43-33-16-10-7-13-28(33)40/h5-18,21-22H,19-20H2,1-4H3. The van der Waals surface area contributed by atoms with Gasteiger partial charge in [0, 0.05) is 32.9 Å². The summed E-state index contributed by atoms with van der Waals surface area (Å²) in [5, 5.41) is 0. The lowest BCUT2D eigenvalue weighted by molar-refractivity contribution is 0.320. The highest BCUT2D eigenvalue weighted by molar-refractivity contribution is 7.99. The van der Waals surface area contributed by atoms with Crippen molar-refractivity contribution in [3.8, 4) is 23.0 Å². The first-order valence-corrected chi connectivity index (χ1v) is 16.1. The molecule has 4 aliphatic rings. The minimum Gasteiger partial charge on any atom is -0.458 e. The molecule has 0 atom stereocenters. The van der Waals surface area contributed by atoms with Gasteiger partial charge in [0.25, 0.3) is 6.71 Å². The maximum atomic E-state index is 7.16. The molecule has 0 aromatic heterocycles. The molecular formula is C38H32BNO2S. The third-order valence-corrected chi connectivity index (χ3v) is 11.1. The maximum Gasteiger partial charge on any atom is 0.260 e. The van der Waals surface area contributed by atoms with E-state index < -0.39 is 0 Å². The molecule has 0 radical (unpaired) electrons. The number of rotatable bonds is 1. The molecule has 0 N–H and O–H groups in total. The van der Waals surface area contributed by atoms with Crippen LogP contribution in [0.15, 0.2) is 107 Å². The maximum absolute atomic E-state index is 7.16. The van der Waals surface area contributed by atoms with E-state index >= 15 is 0 Å². The molecule has 0 fully saturated rings. The van der Waals surface area contributed by atoms with Crippen molar-refractivity contribution in [1.82, 2.24) is 0 Å². The first kappa shape index (κ1) is 25.4. The van der Waals surface area contributed by atoms with Gasteiger partial charge in [-0.3, -0.25) is 0 Å². The van der Waals surface area contributed by atoms with Crippen LogP contribution in [0.4, 0.5) is 17.1 Å². The predicted molar refractivity (Wildman–Crippen MR) is 178 cm³/mol. The second-order valence-electron chi connectivity index (χ2n) is 13.6. The number of benzene rings is 5. The summed E-state index contributed by atoms with van der Waals surface area (Å²) in [5.74, 6) is 3.72. The van der Waals surface area contributed by atoms with Crippen molar-refractivity contribution in [1.29, 1.82) is 0 Å². The molecule has 0 saturated heterocycles. The van der Waals surface area contributed by atoms with Crippen LogP contribution in [-0.2, 0) is 10.8 Å². The number of ether oxygens (including phenoxy) is 2. The predicted octanol–water partition coefficient (Wildman–Crippen LogP) is 8.70. The zero-order chi connectivity index (χ0) is 29.1. The first-order chi connectivity index (χ1) is 20.8. The van der Waals surface area contributed by atoms with Crippen LogP contribution in [0.25, 0.3) is 0 Å². The Kier molecular flexibility index (Phi) is 5.16. The lowest BCUT2D eigenvalue weighted by atomic mass is 9.34. The van der Waals surface area contributed by atoms with Gasteiger partial charge in [0.1, 0.15) is 23.0 Å². The van der Waals surface area contributed by atoms with Crippen LogP contribution in [0.3, 0.4) is 0 Å². The summed E-state index contributed by atoms with van der Waals surface area (Å²) in [6, 6.07) is 35.0. The molecule has 0 saturated carbocycles. The van der Waals surface area contributed by atoms with Gasteiger partial charge in [-0.05, 0) is 70.5 Å². The summed E-state index contributed by atoms with van der Waals surface area (Å²) in [5.41, 5.74) is 9.84. The minimum atomic E-state index is 0.0147. The van der Waals surface area contributed by atoms with Crippen molar-refractivity contribution in [2.75, 3.05) is 4.90 Å². The molecule has 3 heterocycles. The van der Waals surface area contributed by atoms with Crippen LogP contribution in [0.2, 0.25) is 0 Å². The zero-order valence-electron chi connectivity index (χ0n) is 24.9.